The SMILES string of the molecule is c1ccc(-c2nc(-c3ccccc3)nc(-c3ccc(-n4c5ccccc5c5ccccc54)c(-n4c5ccccc5c5ccccc54)c3-c3cccc4c3sc3ccccc34)n2)cc1. The Morgan fingerprint density at radius 2 is 0.762 bits per heavy atom. The lowest BCUT2D eigenvalue weighted by atomic mass is 9.93. The highest BCUT2D eigenvalue weighted by Crippen LogP contribution is 2.49. The molecule has 6 heteroatoms. The van der Waals surface area contributed by atoms with Gasteiger partial charge in [0.25, 0.3) is 0 Å². The molecular weight excluding hydrogens is 787 g/mol. The number of aromatic nitrogens is 5. The van der Waals surface area contributed by atoms with E-state index in [1.807, 2.05) is 47.7 Å². The molecule has 0 aliphatic heterocycles. The monoisotopic (exact) mass is 821 g/mol. The maximum absolute atomic E-state index is 5.41. The van der Waals surface area contributed by atoms with Crippen LogP contribution in [0.5, 0.6) is 0 Å². The van der Waals surface area contributed by atoms with Crippen molar-refractivity contribution < 1.29 is 0 Å². The van der Waals surface area contributed by atoms with Crippen molar-refractivity contribution in [2.45, 2.75) is 0 Å². The van der Waals surface area contributed by atoms with Gasteiger partial charge in [-0.25, -0.2) is 15.0 Å². The van der Waals surface area contributed by atoms with Gasteiger partial charge in [0.1, 0.15) is 0 Å². The molecule has 0 saturated carbocycles. The van der Waals surface area contributed by atoms with Gasteiger partial charge in [-0.3, -0.25) is 0 Å². The Balaban J connectivity index is 1.26. The van der Waals surface area contributed by atoms with Gasteiger partial charge in [-0.15, -0.1) is 11.3 Å². The number of hydrogen-bond donors (Lipinski definition) is 0. The van der Waals surface area contributed by atoms with Crippen LogP contribution in [0, 0.1) is 0 Å². The van der Waals surface area contributed by atoms with Crippen molar-refractivity contribution in [1.82, 2.24) is 24.1 Å². The third-order valence-corrected chi connectivity index (χ3v) is 13.6. The Morgan fingerprint density at radius 3 is 1.32 bits per heavy atom. The van der Waals surface area contributed by atoms with Crippen molar-refractivity contribution in [1.29, 1.82) is 0 Å². The number of para-hydroxylation sites is 4. The second kappa shape index (κ2) is 14.2. The zero-order valence-corrected chi connectivity index (χ0v) is 34.7. The van der Waals surface area contributed by atoms with Crippen molar-refractivity contribution in [2.75, 3.05) is 0 Å². The van der Waals surface area contributed by atoms with Gasteiger partial charge in [0, 0.05) is 69.5 Å². The first-order valence-electron chi connectivity index (χ1n) is 21.2. The summed E-state index contributed by atoms with van der Waals surface area (Å²) in [7, 11) is 0. The predicted molar refractivity (Wildman–Crippen MR) is 263 cm³/mol. The van der Waals surface area contributed by atoms with Crippen LogP contribution in [-0.2, 0) is 0 Å². The first-order chi connectivity index (χ1) is 31.3. The predicted octanol–water partition coefficient (Wildman–Crippen LogP) is 15.1. The molecule has 0 atom stereocenters. The van der Waals surface area contributed by atoms with Crippen LogP contribution < -0.4 is 0 Å². The third kappa shape index (κ3) is 5.52. The summed E-state index contributed by atoms with van der Waals surface area (Å²) < 4.78 is 7.41. The summed E-state index contributed by atoms with van der Waals surface area (Å²) in [6, 6.07) is 75.7. The van der Waals surface area contributed by atoms with Crippen LogP contribution in [-0.4, -0.2) is 24.1 Å². The van der Waals surface area contributed by atoms with Crippen molar-refractivity contribution in [2.24, 2.45) is 0 Å². The fourth-order valence-corrected chi connectivity index (χ4v) is 10.9. The van der Waals surface area contributed by atoms with Crippen molar-refractivity contribution in [3.8, 4) is 56.7 Å². The maximum Gasteiger partial charge on any atom is 0.164 e. The molecule has 4 heterocycles. The second-order valence-corrected chi connectivity index (χ2v) is 17.0. The van der Waals surface area contributed by atoms with Gasteiger partial charge >= 0.3 is 0 Å². The minimum atomic E-state index is 0.603. The van der Waals surface area contributed by atoms with E-state index in [1.165, 1.54) is 41.7 Å². The van der Waals surface area contributed by atoms with Gasteiger partial charge in [0.15, 0.2) is 17.5 Å². The molecule has 0 radical (unpaired) electrons. The van der Waals surface area contributed by atoms with E-state index < -0.39 is 0 Å². The fraction of sp³-hybridized carbons (Fsp3) is 0. The Kier molecular flexibility index (Phi) is 8.01. The van der Waals surface area contributed by atoms with Gasteiger partial charge in [0.2, 0.25) is 0 Å². The second-order valence-electron chi connectivity index (χ2n) is 15.9. The summed E-state index contributed by atoms with van der Waals surface area (Å²) in [6.07, 6.45) is 0. The molecule has 0 bridgehead atoms. The third-order valence-electron chi connectivity index (χ3n) is 12.4. The number of benzene rings is 9. The van der Waals surface area contributed by atoms with Crippen LogP contribution in [0.15, 0.2) is 212 Å². The van der Waals surface area contributed by atoms with Crippen LogP contribution in [0.4, 0.5) is 0 Å². The number of fused-ring (bicyclic) bond motifs is 9. The average molecular weight is 822 g/mol. The molecule has 0 N–H and O–H groups in total. The topological polar surface area (TPSA) is 48.5 Å². The molecule has 0 spiro atoms. The van der Waals surface area contributed by atoms with Gasteiger partial charge in [-0.05, 0) is 42.5 Å². The molecule has 13 aromatic rings. The summed E-state index contributed by atoms with van der Waals surface area (Å²) in [6.45, 7) is 0. The Labute approximate surface area is 366 Å². The zero-order chi connectivity index (χ0) is 41.4. The summed E-state index contributed by atoms with van der Waals surface area (Å²) in [5.74, 6) is 1.84. The average Bonchev–Trinajstić information content (AvgIpc) is 4.02. The van der Waals surface area contributed by atoms with E-state index in [4.69, 9.17) is 15.0 Å². The smallest absolute Gasteiger partial charge is 0.164 e. The van der Waals surface area contributed by atoms with Crippen LogP contribution in [0.2, 0.25) is 0 Å². The fourth-order valence-electron chi connectivity index (χ4n) is 9.66. The summed E-state index contributed by atoms with van der Waals surface area (Å²) >= 11 is 1.84. The summed E-state index contributed by atoms with van der Waals surface area (Å²) in [4.78, 5) is 16.0. The zero-order valence-electron chi connectivity index (χ0n) is 33.9. The van der Waals surface area contributed by atoms with Gasteiger partial charge < -0.3 is 9.13 Å². The number of thiophene rings is 1. The van der Waals surface area contributed by atoms with Crippen molar-refractivity contribution >= 4 is 75.1 Å². The maximum atomic E-state index is 5.41. The molecule has 294 valence electrons. The highest BCUT2D eigenvalue weighted by Gasteiger charge is 2.28. The van der Waals surface area contributed by atoms with E-state index in [2.05, 4.69) is 185 Å². The summed E-state index contributed by atoms with van der Waals surface area (Å²) in [5, 5.41) is 7.26. The molecule has 0 aliphatic carbocycles. The molecule has 0 saturated heterocycles. The van der Waals surface area contributed by atoms with Crippen LogP contribution in [0.1, 0.15) is 0 Å². The number of rotatable bonds is 6. The van der Waals surface area contributed by atoms with E-state index in [1.54, 1.807) is 0 Å². The molecule has 0 amide bonds. The van der Waals surface area contributed by atoms with E-state index in [-0.39, 0.29) is 0 Å². The standard InChI is InChI=1S/C57H35N5S/c1-3-18-36(19-4-1)55-58-56(37-20-5-2-6-21-37)60-57(59-55)45-34-35-50(61-46-29-12-7-22-38(46)39-23-8-13-30-47(39)61)53(62-48-31-14-9-24-40(48)41-25-10-15-32-49(41)62)52(45)44-28-17-27-43-42-26-11-16-33-51(42)63-54(43)44/h1-35H. The number of nitrogens with zero attached hydrogens (tertiary/aromatic N) is 5. The van der Waals surface area contributed by atoms with Crippen LogP contribution in [0.25, 0.3) is 120 Å². The molecule has 13 rings (SSSR count). The first kappa shape index (κ1) is 35.6. The van der Waals surface area contributed by atoms with E-state index in [0.717, 1.165) is 61.3 Å². The van der Waals surface area contributed by atoms with Crippen LogP contribution >= 0.6 is 11.3 Å². The molecule has 63 heavy (non-hydrogen) atoms. The van der Waals surface area contributed by atoms with Crippen molar-refractivity contribution in [3.05, 3.63) is 212 Å². The molecular formula is C57H35N5S. The van der Waals surface area contributed by atoms with Gasteiger partial charge in [-0.2, -0.15) is 0 Å². The lowest BCUT2D eigenvalue weighted by Crippen LogP contribution is -2.08. The van der Waals surface area contributed by atoms with Gasteiger partial charge in [-0.1, -0.05) is 170 Å². The molecule has 5 nitrogen and oxygen atoms in total. The molecule has 0 aliphatic rings. The van der Waals surface area contributed by atoms with Gasteiger partial charge in [0.05, 0.1) is 33.4 Å². The highest BCUT2D eigenvalue weighted by molar-refractivity contribution is 7.26. The minimum Gasteiger partial charge on any atom is -0.307 e. The highest BCUT2D eigenvalue weighted by atomic mass is 32.1. The van der Waals surface area contributed by atoms with E-state index in [0.29, 0.717) is 17.5 Å². The van der Waals surface area contributed by atoms with E-state index in [9.17, 15) is 0 Å². The first-order valence-corrected chi connectivity index (χ1v) is 22.0. The normalized spacial score (nSPS) is 11.8. The lowest BCUT2D eigenvalue weighted by Gasteiger charge is -2.23. The van der Waals surface area contributed by atoms with Crippen LogP contribution in [0.3, 0.4) is 0 Å². The number of hydrogen-bond acceptors (Lipinski definition) is 4. The molecule has 4 aromatic heterocycles. The molecule has 0 fully saturated rings. The molecule has 0 unspecified atom stereocenters. The minimum absolute atomic E-state index is 0.603. The summed E-state index contributed by atoms with van der Waals surface area (Å²) in [5.41, 5.74) is 11.5. The largest absolute Gasteiger partial charge is 0.307 e. The Hall–Kier alpha value is -8.19. The van der Waals surface area contributed by atoms with Crippen molar-refractivity contribution in [3.63, 3.8) is 0 Å². The Bertz CT molecular complexity index is 3750. The quantitative estimate of drug-likeness (QED) is 0.168. The van der Waals surface area contributed by atoms with E-state index >= 15 is 0 Å². The Morgan fingerprint density at radius 1 is 0.317 bits per heavy atom. The molecule has 9 aromatic carbocycles. The lowest BCUT2D eigenvalue weighted by molar-refractivity contribution is 1.07.